The summed E-state index contributed by atoms with van der Waals surface area (Å²) in [4.78, 5) is 4.45. The lowest BCUT2D eigenvalue weighted by Gasteiger charge is -2.15. The molecule has 0 amide bonds. The monoisotopic (exact) mass is 316 g/mol. The summed E-state index contributed by atoms with van der Waals surface area (Å²) in [5, 5.41) is 5.59. The Kier molecular flexibility index (Phi) is 4.13. The van der Waals surface area contributed by atoms with Crippen LogP contribution in [0, 0.1) is 0 Å². The van der Waals surface area contributed by atoms with Crippen LogP contribution in [0.15, 0.2) is 34.0 Å². The number of halogens is 1. The predicted octanol–water partition coefficient (Wildman–Crippen LogP) is 3.37. The normalized spacial score (nSPS) is 13.2. The molecular formula is C12H13ClN2O2S2. The standard InChI is InChI=1S/C12H13ClN2O2S2/c1-8(12-6-18-7-14-12)15-11-5-9(19(2,16)17)3-4-10(11)13/h3-8,15H,1-2H3. The molecule has 0 fully saturated rings. The molecule has 0 aliphatic carbocycles. The van der Waals surface area contributed by atoms with Gasteiger partial charge in [0.15, 0.2) is 9.84 Å². The average Bonchev–Trinajstić information content (AvgIpc) is 2.84. The number of rotatable bonds is 4. The lowest BCUT2D eigenvalue weighted by Crippen LogP contribution is -2.08. The number of thiazole rings is 1. The number of nitrogens with zero attached hydrogens (tertiary/aromatic N) is 1. The van der Waals surface area contributed by atoms with Crippen molar-refractivity contribution in [2.24, 2.45) is 0 Å². The van der Waals surface area contributed by atoms with Gasteiger partial charge in [-0.15, -0.1) is 11.3 Å². The van der Waals surface area contributed by atoms with Crippen LogP contribution in [0.4, 0.5) is 5.69 Å². The largest absolute Gasteiger partial charge is 0.376 e. The van der Waals surface area contributed by atoms with Gasteiger partial charge in [0.25, 0.3) is 0 Å². The zero-order valence-corrected chi connectivity index (χ0v) is 12.8. The smallest absolute Gasteiger partial charge is 0.175 e. The number of benzene rings is 1. The summed E-state index contributed by atoms with van der Waals surface area (Å²) >= 11 is 7.59. The van der Waals surface area contributed by atoms with Crippen molar-refractivity contribution in [2.45, 2.75) is 17.9 Å². The molecule has 0 saturated heterocycles. The molecular weight excluding hydrogens is 304 g/mol. The van der Waals surface area contributed by atoms with Crippen LogP contribution in [0.25, 0.3) is 0 Å². The van der Waals surface area contributed by atoms with Gasteiger partial charge < -0.3 is 5.32 Å². The highest BCUT2D eigenvalue weighted by molar-refractivity contribution is 7.90. The van der Waals surface area contributed by atoms with Gasteiger partial charge in [-0.25, -0.2) is 13.4 Å². The van der Waals surface area contributed by atoms with Gasteiger partial charge in [-0.2, -0.15) is 0 Å². The van der Waals surface area contributed by atoms with Gasteiger partial charge in [-0.3, -0.25) is 0 Å². The minimum atomic E-state index is -3.24. The molecule has 1 aromatic heterocycles. The van der Waals surface area contributed by atoms with Crippen molar-refractivity contribution in [1.29, 1.82) is 0 Å². The molecule has 0 aliphatic heterocycles. The van der Waals surface area contributed by atoms with Crippen LogP contribution < -0.4 is 5.32 Å². The Bertz CT molecular complexity index is 669. The summed E-state index contributed by atoms with van der Waals surface area (Å²) in [5.41, 5.74) is 3.23. The number of sulfone groups is 1. The topological polar surface area (TPSA) is 59.1 Å². The van der Waals surface area contributed by atoms with E-state index in [9.17, 15) is 8.42 Å². The van der Waals surface area contributed by atoms with E-state index >= 15 is 0 Å². The molecule has 0 aliphatic rings. The second-order valence-corrected chi connectivity index (χ2v) is 7.33. The van der Waals surface area contributed by atoms with Crippen LogP contribution in [-0.4, -0.2) is 19.7 Å². The molecule has 2 aromatic rings. The van der Waals surface area contributed by atoms with Crippen molar-refractivity contribution in [2.75, 3.05) is 11.6 Å². The Morgan fingerprint density at radius 2 is 2.16 bits per heavy atom. The van der Waals surface area contributed by atoms with Crippen molar-refractivity contribution < 1.29 is 8.42 Å². The molecule has 102 valence electrons. The van der Waals surface area contributed by atoms with Gasteiger partial charge in [0.1, 0.15) is 0 Å². The van der Waals surface area contributed by atoms with Gasteiger partial charge >= 0.3 is 0 Å². The Labute approximate surface area is 121 Å². The zero-order chi connectivity index (χ0) is 14.0. The van der Waals surface area contributed by atoms with Crippen molar-refractivity contribution >= 4 is 38.5 Å². The van der Waals surface area contributed by atoms with Crippen molar-refractivity contribution in [3.63, 3.8) is 0 Å². The quantitative estimate of drug-likeness (QED) is 0.939. The highest BCUT2D eigenvalue weighted by Crippen LogP contribution is 2.28. The molecule has 1 aromatic carbocycles. The first kappa shape index (κ1) is 14.3. The molecule has 1 heterocycles. The second-order valence-electron chi connectivity index (χ2n) is 4.19. The van der Waals surface area contributed by atoms with E-state index in [1.54, 1.807) is 17.6 Å². The number of nitrogens with one attached hydrogen (secondary N) is 1. The fourth-order valence-corrected chi connectivity index (χ4v) is 3.06. The maximum Gasteiger partial charge on any atom is 0.175 e. The third-order valence-electron chi connectivity index (χ3n) is 2.63. The van der Waals surface area contributed by atoms with E-state index in [-0.39, 0.29) is 10.9 Å². The Balaban J connectivity index is 2.30. The fraction of sp³-hybridized carbons (Fsp3) is 0.250. The minimum Gasteiger partial charge on any atom is -0.376 e. The molecule has 19 heavy (non-hydrogen) atoms. The summed E-state index contributed by atoms with van der Waals surface area (Å²) < 4.78 is 23.1. The van der Waals surface area contributed by atoms with Crippen LogP contribution in [0.1, 0.15) is 18.7 Å². The second kappa shape index (κ2) is 5.48. The lowest BCUT2D eigenvalue weighted by atomic mass is 10.2. The van der Waals surface area contributed by atoms with Crippen molar-refractivity contribution in [3.05, 3.63) is 39.8 Å². The van der Waals surface area contributed by atoms with Crippen LogP contribution in [-0.2, 0) is 9.84 Å². The fourth-order valence-electron chi connectivity index (χ4n) is 1.59. The Morgan fingerprint density at radius 3 is 2.74 bits per heavy atom. The minimum absolute atomic E-state index is 0.0430. The molecule has 0 saturated carbocycles. The first-order chi connectivity index (χ1) is 8.88. The van der Waals surface area contributed by atoms with E-state index in [0.29, 0.717) is 10.7 Å². The van der Waals surface area contributed by atoms with Crippen molar-refractivity contribution in [1.82, 2.24) is 4.98 Å². The van der Waals surface area contributed by atoms with Crippen LogP contribution in [0.5, 0.6) is 0 Å². The molecule has 1 N–H and O–H groups in total. The SMILES string of the molecule is CC(Nc1cc(S(C)(=O)=O)ccc1Cl)c1cscn1. The highest BCUT2D eigenvalue weighted by Gasteiger charge is 2.13. The molecule has 0 bridgehead atoms. The summed E-state index contributed by atoms with van der Waals surface area (Å²) in [5.74, 6) is 0. The predicted molar refractivity (Wildman–Crippen MR) is 78.7 cm³/mol. The van der Waals surface area contributed by atoms with E-state index in [4.69, 9.17) is 11.6 Å². The first-order valence-electron chi connectivity index (χ1n) is 5.52. The van der Waals surface area contributed by atoms with E-state index in [2.05, 4.69) is 10.3 Å². The lowest BCUT2D eigenvalue weighted by molar-refractivity contribution is 0.602. The number of hydrogen-bond donors (Lipinski definition) is 1. The molecule has 1 unspecified atom stereocenters. The molecule has 0 radical (unpaired) electrons. The number of anilines is 1. The summed E-state index contributed by atoms with van der Waals surface area (Å²) in [7, 11) is -3.24. The molecule has 0 spiro atoms. The Hall–Kier alpha value is -1.11. The van der Waals surface area contributed by atoms with Gasteiger partial charge in [0.2, 0.25) is 0 Å². The summed E-state index contributed by atoms with van der Waals surface area (Å²) in [6.07, 6.45) is 1.17. The van der Waals surface area contributed by atoms with Gasteiger partial charge in [-0.1, -0.05) is 11.6 Å². The average molecular weight is 317 g/mol. The van der Waals surface area contributed by atoms with Crippen molar-refractivity contribution in [3.8, 4) is 0 Å². The molecule has 7 heteroatoms. The van der Waals surface area contributed by atoms with E-state index < -0.39 is 9.84 Å². The highest BCUT2D eigenvalue weighted by atomic mass is 35.5. The first-order valence-corrected chi connectivity index (χ1v) is 8.73. The third-order valence-corrected chi connectivity index (χ3v) is 4.68. The van der Waals surface area contributed by atoms with Gasteiger partial charge in [0, 0.05) is 11.6 Å². The molecule has 2 rings (SSSR count). The van der Waals surface area contributed by atoms with E-state index in [0.717, 1.165) is 5.69 Å². The van der Waals surface area contributed by atoms with E-state index in [1.165, 1.54) is 23.7 Å². The zero-order valence-electron chi connectivity index (χ0n) is 10.4. The van der Waals surface area contributed by atoms with Crippen LogP contribution in [0.3, 0.4) is 0 Å². The summed E-state index contributed by atoms with van der Waals surface area (Å²) in [6, 6.07) is 4.57. The number of hydrogen-bond acceptors (Lipinski definition) is 5. The van der Waals surface area contributed by atoms with Gasteiger partial charge in [0.05, 0.1) is 32.9 Å². The maximum absolute atomic E-state index is 11.5. The van der Waals surface area contributed by atoms with Gasteiger partial charge in [-0.05, 0) is 25.1 Å². The van der Waals surface area contributed by atoms with Crippen LogP contribution in [0.2, 0.25) is 5.02 Å². The third kappa shape index (κ3) is 3.46. The molecule has 4 nitrogen and oxygen atoms in total. The molecule has 1 atom stereocenters. The summed E-state index contributed by atoms with van der Waals surface area (Å²) in [6.45, 7) is 1.94. The van der Waals surface area contributed by atoms with Crippen LogP contribution >= 0.6 is 22.9 Å². The van der Waals surface area contributed by atoms with E-state index in [1.807, 2.05) is 12.3 Å². The number of aromatic nitrogens is 1. The maximum atomic E-state index is 11.5. The Morgan fingerprint density at radius 1 is 1.42 bits per heavy atom.